The number of ether oxygens (including phenoxy) is 1. The summed E-state index contributed by atoms with van der Waals surface area (Å²) in [5.41, 5.74) is 0.821. The molecule has 2 rings (SSSR count). The van der Waals surface area contributed by atoms with Crippen LogP contribution in [0.5, 0.6) is 0 Å². The van der Waals surface area contributed by atoms with Crippen molar-refractivity contribution in [3.05, 3.63) is 30.1 Å². The highest BCUT2D eigenvalue weighted by Crippen LogP contribution is 2.30. The highest BCUT2D eigenvalue weighted by Gasteiger charge is 2.34. The first-order valence-corrected chi connectivity index (χ1v) is 6.53. The third kappa shape index (κ3) is 2.21. The zero-order valence-corrected chi connectivity index (χ0v) is 10.6. The maximum atomic E-state index is 5.61. The number of aliphatic imine (C=N–C) groups is 1. The van der Waals surface area contributed by atoms with Gasteiger partial charge in [-0.05, 0) is 32.2 Å². The highest BCUT2D eigenvalue weighted by molar-refractivity contribution is 8.00. The molecule has 0 spiro atoms. The summed E-state index contributed by atoms with van der Waals surface area (Å²) in [6.07, 6.45) is 3.86. The lowest BCUT2D eigenvalue weighted by Gasteiger charge is -2.25. The molecule has 1 unspecified atom stereocenters. The molecular weight excluding hydrogens is 220 g/mol. The molecule has 1 aliphatic heterocycles. The van der Waals surface area contributed by atoms with Crippen molar-refractivity contribution in [2.24, 2.45) is 4.99 Å². The standard InChI is InChI=1S/C12H16N2OS/c1-12(2,16-3)10-8-15-11(14-10)9-6-4-5-7-13-9/h4-7,10H,8H2,1-3H3. The van der Waals surface area contributed by atoms with E-state index < -0.39 is 0 Å². The first kappa shape index (κ1) is 11.5. The van der Waals surface area contributed by atoms with E-state index in [0.717, 1.165) is 5.69 Å². The molecular formula is C12H16N2OS. The predicted molar refractivity (Wildman–Crippen MR) is 68.1 cm³/mol. The van der Waals surface area contributed by atoms with Crippen LogP contribution >= 0.6 is 11.8 Å². The molecule has 0 fully saturated rings. The van der Waals surface area contributed by atoms with E-state index in [1.165, 1.54) is 0 Å². The van der Waals surface area contributed by atoms with Crippen LogP contribution in [0.3, 0.4) is 0 Å². The SMILES string of the molecule is CSC(C)(C)C1COC(c2ccccn2)=N1. The van der Waals surface area contributed by atoms with Gasteiger partial charge >= 0.3 is 0 Å². The number of hydrogen-bond donors (Lipinski definition) is 0. The third-order valence-electron chi connectivity index (χ3n) is 2.86. The lowest BCUT2D eigenvalue weighted by Crippen LogP contribution is -2.32. The van der Waals surface area contributed by atoms with Gasteiger partial charge in [-0.2, -0.15) is 11.8 Å². The fraction of sp³-hybridized carbons (Fsp3) is 0.500. The van der Waals surface area contributed by atoms with E-state index in [4.69, 9.17) is 4.74 Å². The second-order valence-corrected chi connectivity index (χ2v) is 5.74. The van der Waals surface area contributed by atoms with Crippen molar-refractivity contribution in [3.63, 3.8) is 0 Å². The van der Waals surface area contributed by atoms with Gasteiger partial charge in [-0.25, -0.2) is 4.99 Å². The van der Waals surface area contributed by atoms with E-state index in [0.29, 0.717) is 12.5 Å². The Kier molecular flexibility index (Phi) is 3.19. The molecule has 1 aromatic heterocycles. The number of nitrogens with zero attached hydrogens (tertiary/aromatic N) is 2. The third-order valence-corrected chi connectivity index (χ3v) is 4.19. The number of rotatable bonds is 3. The molecule has 4 heteroatoms. The summed E-state index contributed by atoms with van der Waals surface area (Å²) < 4.78 is 5.72. The molecule has 2 heterocycles. The van der Waals surface area contributed by atoms with Crippen molar-refractivity contribution in [3.8, 4) is 0 Å². The van der Waals surface area contributed by atoms with Crippen LogP contribution in [0.2, 0.25) is 0 Å². The molecule has 16 heavy (non-hydrogen) atoms. The Bertz CT molecular complexity index is 389. The lowest BCUT2D eigenvalue weighted by molar-refractivity contribution is 0.300. The van der Waals surface area contributed by atoms with Crippen LogP contribution in [-0.2, 0) is 4.74 Å². The zero-order chi connectivity index (χ0) is 11.6. The van der Waals surface area contributed by atoms with E-state index in [-0.39, 0.29) is 10.8 Å². The Hall–Kier alpha value is -1.03. The molecule has 0 aromatic carbocycles. The summed E-state index contributed by atoms with van der Waals surface area (Å²) >= 11 is 1.81. The predicted octanol–water partition coefficient (Wildman–Crippen LogP) is 2.37. The second-order valence-electron chi connectivity index (χ2n) is 4.28. The fourth-order valence-corrected chi connectivity index (χ4v) is 1.89. The largest absolute Gasteiger partial charge is 0.474 e. The highest BCUT2D eigenvalue weighted by atomic mass is 32.2. The Morgan fingerprint density at radius 2 is 2.25 bits per heavy atom. The molecule has 0 bridgehead atoms. The molecule has 0 amide bonds. The van der Waals surface area contributed by atoms with Crippen molar-refractivity contribution >= 4 is 17.7 Å². The van der Waals surface area contributed by atoms with Crippen LogP contribution in [0.4, 0.5) is 0 Å². The second kappa shape index (κ2) is 4.45. The average molecular weight is 236 g/mol. The zero-order valence-electron chi connectivity index (χ0n) is 9.80. The molecule has 0 N–H and O–H groups in total. The van der Waals surface area contributed by atoms with Crippen LogP contribution < -0.4 is 0 Å². The van der Waals surface area contributed by atoms with Crippen LogP contribution in [0.25, 0.3) is 0 Å². The summed E-state index contributed by atoms with van der Waals surface area (Å²) in [5.74, 6) is 0.674. The van der Waals surface area contributed by atoms with Gasteiger partial charge < -0.3 is 4.74 Å². The van der Waals surface area contributed by atoms with E-state index in [1.807, 2.05) is 30.0 Å². The van der Waals surface area contributed by atoms with Crippen LogP contribution in [-0.4, -0.2) is 34.5 Å². The summed E-state index contributed by atoms with van der Waals surface area (Å²) in [6.45, 7) is 5.03. The Morgan fingerprint density at radius 1 is 1.44 bits per heavy atom. The van der Waals surface area contributed by atoms with Gasteiger partial charge in [0.25, 0.3) is 0 Å². The minimum Gasteiger partial charge on any atom is -0.474 e. The summed E-state index contributed by atoms with van der Waals surface area (Å²) in [6, 6.07) is 5.97. The van der Waals surface area contributed by atoms with Gasteiger partial charge in [0.2, 0.25) is 5.90 Å². The first-order valence-electron chi connectivity index (χ1n) is 5.30. The monoisotopic (exact) mass is 236 g/mol. The van der Waals surface area contributed by atoms with Crippen molar-refractivity contribution in [1.29, 1.82) is 0 Å². The molecule has 3 nitrogen and oxygen atoms in total. The number of hydrogen-bond acceptors (Lipinski definition) is 4. The molecule has 0 saturated carbocycles. The number of aromatic nitrogens is 1. The molecule has 1 aliphatic rings. The van der Waals surface area contributed by atoms with Crippen molar-refractivity contribution < 1.29 is 4.74 Å². The van der Waals surface area contributed by atoms with E-state index in [9.17, 15) is 0 Å². The lowest BCUT2D eigenvalue weighted by atomic mass is 10.1. The maximum Gasteiger partial charge on any atom is 0.235 e. The van der Waals surface area contributed by atoms with E-state index >= 15 is 0 Å². The van der Waals surface area contributed by atoms with Crippen molar-refractivity contribution in [2.45, 2.75) is 24.6 Å². The van der Waals surface area contributed by atoms with Gasteiger partial charge in [0.05, 0.1) is 0 Å². The quantitative estimate of drug-likeness (QED) is 0.808. The van der Waals surface area contributed by atoms with Gasteiger partial charge in [-0.3, -0.25) is 4.98 Å². The summed E-state index contributed by atoms with van der Waals surface area (Å²) in [4.78, 5) is 8.85. The molecule has 1 aromatic rings. The minimum absolute atomic E-state index is 0.108. The molecule has 1 atom stereocenters. The average Bonchev–Trinajstić information content (AvgIpc) is 2.80. The summed E-state index contributed by atoms with van der Waals surface area (Å²) in [5, 5.41) is 0. The number of pyridine rings is 1. The summed E-state index contributed by atoms with van der Waals surface area (Å²) in [7, 11) is 0. The van der Waals surface area contributed by atoms with Gasteiger partial charge in [0.15, 0.2) is 0 Å². The fourth-order valence-electron chi connectivity index (χ4n) is 1.50. The van der Waals surface area contributed by atoms with Crippen molar-refractivity contribution in [2.75, 3.05) is 12.9 Å². The molecule has 86 valence electrons. The molecule has 0 saturated heterocycles. The molecule has 0 aliphatic carbocycles. The van der Waals surface area contributed by atoms with E-state index in [1.54, 1.807) is 6.20 Å². The van der Waals surface area contributed by atoms with Gasteiger partial charge in [0.1, 0.15) is 18.3 Å². The van der Waals surface area contributed by atoms with Crippen molar-refractivity contribution in [1.82, 2.24) is 4.98 Å². The van der Waals surface area contributed by atoms with E-state index in [2.05, 4.69) is 30.1 Å². The number of thioether (sulfide) groups is 1. The normalized spacial score (nSPS) is 20.4. The Labute approximate surface area is 100 Å². The topological polar surface area (TPSA) is 34.5 Å². The van der Waals surface area contributed by atoms with Gasteiger partial charge in [-0.15, -0.1) is 0 Å². The van der Waals surface area contributed by atoms with Crippen LogP contribution in [0, 0.1) is 0 Å². The van der Waals surface area contributed by atoms with Crippen LogP contribution in [0.1, 0.15) is 19.5 Å². The smallest absolute Gasteiger partial charge is 0.235 e. The van der Waals surface area contributed by atoms with Gasteiger partial charge in [0, 0.05) is 10.9 Å². The first-order chi connectivity index (χ1) is 7.63. The Morgan fingerprint density at radius 3 is 2.88 bits per heavy atom. The van der Waals surface area contributed by atoms with Gasteiger partial charge in [-0.1, -0.05) is 6.07 Å². The Balaban J connectivity index is 2.19. The van der Waals surface area contributed by atoms with Crippen LogP contribution in [0.15, 0.2) is 29.4 Å². The maximum absolute atomic E-state index is 5.61. The minimum atomic E-state index is 0.108. The molecule has 0 radical (unpaired) electrons.